The third kappa shape index (κ3) is 6.31. The molecule has 0 aromatic carbocycles. The molecule has 3 rings (SSSR count). The topological polar surface area (TPSA) is 70.1 Å². The number of aromatic nitrogens is 1. The van der Waals surface area contributed by atoms with Gasteiger partial charge in [0.15, 0.2) is 5.96 Å². The minimum Gasteiger partial charge on any atom is -0.368 e. The first-order valence-corrected chi connectivity index (χ1v) is 9.61. The predicted molar refractivity (Wildman–Crippen MR) is 116 cm³/mol. The van der Waals surface area contributed by atoms with Crippen molar-refractivity contribution in [1.29, 1.82) is 0 Å². The second kappa shape index (κ2) is 11.4. The first-order chi connectivity index (χ1) is 12.8. The number of rotatable bonds is 5. The summed E-state index contributed by atoms with van der Waals surface area (Å²) >= 11 is 0. The van der Waals surface area contributed by atoms with Gasteiger partial charge >= 0.3 is 0 Å². The van der Waals surface area contributed by atoms with Crippen LogP contribution in [-0.2, 0) is 16.0 Å². The maximum atomic E-state index is 12.5. The zero-order chi connectivity index (χ0) is 18.2. The molecule has 1 unspecified atom stereocenters. The van der Waals surface area contributed by atoms with Gasteiger partial charge in [-0.1, -0.05) is 6.07 Å². The molecule has 7 nitrogen and oxygen atoms in total. The molecule has 3 heterocycles. The number of guanidine groups is 1. The normalized spacial score (nSPS) is 20.3. The quantitative estimate of drug-likeness (QED) is 0.388. The average molecular weight is 487 g/mol. The number of hydrogen-bond donors (Lipinski definition) is 1. The van der Waals surface area contributed by atoms with Gasteiger partial charge in [-0.2, -0.15) is 0 Å². The minimum absolute atomic E-state index is 0. The van der Waals surface area contributed by atoms with Crippen LogP contribution in [0.25, 0.3) is 0 Å². The van der Waals surface area contributed by atoms with Crippen LogP contribution in [0.2, 0.25) is 0 Å². The smallest absolute Gasteiger partial charge is 0.251 e. The van der Waals surface area contributed by atoms with E-state index in [1.165, 1.54) is 0 Å². The number of carbonyl (C=O) groups is 1. The van der Waals surface area contributed by atoms with Crippen LogP contribution < -0.4 is 5.32 Å². The lowest BCUT2D eigenvalue weighted by Crippen LogP contribution is -2.55. The van der Waals surface area contributed by atoms with E-state index in [0.29, 0.717) is 13.2 Å². The molecule has 1 aromatic rings. The molecular weight excluding hydrogens is 457 g/mol. The number of hydrogen-bond acceptors (Lipinski definition) is 4. The number of piperazine rings is 1. The molecule has 27 heavy (non-hydrogen) atoms. The van der Waals surface area contributed by atoms with E-state index in [0.717, 1.165) is 63.6 Å². The highest BCUT2D eigenvalue weighted by atomic mass is 127. The molecule has 2 aliphatic rings. The van der Waals surface area contributed by atoms with E-state index < -0.39 is 0 Å². The number of ether oxygens (including phenoxy) is 1. The molecule has 1 N–H and O–H groups in total. The van der Waals surface area contributed by atoms with Crippen molar-refractivity contribution in [3.8, 4) is 0 Å². The Morgan fingerprint density at radius 3 is 2.70 bits per heavy atom. The SMILES string of the molecule is CCNC(=NCCc1ccccn1)N1CCN(C(=O)C2CCCO2)CC1.I. The van der Waals surface area contributed by atoms with Crippen LogP contribution in [0.5, 0.6) is 0 Å². The van der Waals surface area contributed by atoms with Crippen molar-refractivity contribution >= 4 is 35.8 Å². The largest absolute Gasteiger partial charge is 0.368 e. The molecule has 0 aliphatic carbocycles. The molecule has 1 atom stereocenters. The zero-order valence-corrected chi connectivity index (χ0v) is 18.3. The molecule has 8 heteroatoms. The van der Waals surface area contributed by atoms with Gasteiger partial charge in [-0.25, -0.2) is 0 Å². The molecule has 150 valence electrons. The van der Waals surface area contributed by atoms with Crippen molar-refractivity contribution in [3.63, 3.8) is 0 Å². The zero-order valence-electron chi connectivity index (χ0n) is 16.0. The summed E-state index contributed by atoms with van der Waals surface area (Å²) in [7, 11) is 0. The molecule has 2 fully saturated rings. The Labute approximate surface area is 178 Å². The molecule has 1 amide bonds. The van der Waals surface area contributed by atoms with Gasteiger partial charge < -0.3 is 19.9 Å². The Morgan fingerprint density at radius 2 is 2.07 bits per heavy atom. The monoisotopic (exact) mass is 487 g/mol. The van der Waals surface area contributed by atoms with E-state index in [-0.39, 0.29) is 36.0 Å². The first kappa shape index (κ1) is 21.9. The lowest BCUT2D eigenvalue weighted by molar-refractivity contribution is -0.142. The Balaban J connectivity index is 0.00000261. The van der Waals surface area contributed by atoms with Crippen LogP contribution in [0, 0.1) is 0 Å². The highest BCUT2D eigenvalue weighted by Crippen LogP contribution is 2.16. The van der Waals surface area contributed by atoms with Gasteiger partial charge in [0.25, 0.3) is 5.91 Å². The summed E-state index contributed by atoms with van der Waals surface area (Å²) < 4.78 is 5.53. The Kier molecular flexibility index (Phi) is 9.26. The molecule has 0 bridgehead atoms. The fourth-order valence-electron chi connectivity index (χ4n) is 3.36. The Bertz CT molecular complexity index is 599. The summed E-state index contributed by atoms with van der Waals surface area (Å²) in [6.07, 6.45) is 4.27. The summed E-state index contributed by atoms with van der Waals surface area (Å²) in [6, 6.07) is 5.95. The minimum atomic E-state index is -0.221. The van der Waals surface area contributed by atoms with Crippen LogP contribution >= 0.6 is 24.0 Å². The standard InChI is InChI=1S/C19H29N5O2.HI/c1-2-20-19(22-10-8-16-6-3-4-9-21-16)24-13-11-23(12-14-24)18(25)17-7-5-15-26-17;/h3-4,6,9,17H,2,5,7-8,10-15H2,1H3,(H,20,22);1H. The lowest BCUT2D eigenvalue weighted by atomic mass is 10.2. The predicted octanol–water partition coefficient (Wildman–Crippen LogP) is 1.53. The number of amides is 1. The number of nitrogens with one attached hydrogen (secondary N) is 1. The van der Waals surface area contributed by atoms with Gasteiger partial charge in [0.2, 0.25) is 0 Å². The number of carbonyl (C=O) groups excluding carboxylic acids is 1. The number of halogens is 1. The van der Waals surface area contributed by atoms with Gasteiger partial charge in [-0.15, -0.1) is 24.0 Å². The van der Waals surface area contributed by atoms with Crippen LogP contribution in [-0.4, -0.2) is 78.6 Å². The average Bonchev–Trinajstić information content (AvgIpc) is 3.23. The number of nitrogens with zero attached hydrogens (tertiary/aromatic N) is 4. The van der Waals surface area contributed by atoms with Crippen molar-refractivity contribution in [3.05, 3.63) is 30.1 Å². The van der Waals surface area contributed by atoms with E-state index in [1.54, 1.807) is 0 Å². The van der Waals surface area contributed by atoms with E-state index >= 15 is 0 Å². The van der Waals surface area contributed by atoms with Crippen molar-refractivity contribution in [2.24, 2.45) is 4.99 Å². The molecular formula is C19H30IN5O2. The van der Waals surface area contributed by atoms with Crippen molar-refractivity contribution in [2.75, 3.05) is 45.9 Å². The van der Waals surface area contributed by atoms with Crippen LogP contribution in [0.4, 0.5) is 0 Å². The molecule has 0 spiro atoms. The van der Waals surface area contributed by atoms with Gasteiger partial charge in [0.1, 0.15) is 6.10 Å². The fourth-order valence-corrected chi connectivity index (χ4v) is 3.36. The van der Waals surface area contributed by atoms with E-state index in [1.807, 2.05) is 29.3 Å². The molecule has 0 radical (unpaired) electrons. The van der Waals surface area contributed by atoms with Crippen molar-refractivity contribution in [2.45, 2.75) is 32.3 Å². The van der Waals surface area contributed by atoms with E-state index in [4.69, 9.17) is 9.73 Å². The molecule has 0 saturated carbocycles. The number of aliphatic imine (C=N–C) groups is 1. The summed E-state index contributed by atoms with van der Waals surface area (Å²) in [5, 5.41) is 3.37. The highest BCUT2D eigenvalue weighted by molar-refractivity contribution is 14.0. The second-order valence-corrected chi connectivity index (χ2v) is 6.62. The van der Waals surface area contributed by atoms with Gasteiger partial charge in [0, 0.05) is 64.2 Å². The molecule has 2 aliphatic heterocycles. The van der Waals surface area contributed by atoms with Gasteiger partial charge in [-0.05, 0) is 31.9 Å². The van der Waals surface area contributed by atoms with E-state index in [2.05, 4.69) is 22.1 Å². The Morgan fingerprint density at radius 1 is 1.30 bits per heavy atom. The van der Waals surface area contributed by atoms with Crippen molar-refractivity contribution < 1.29 is 9.53 Å². The number of pyridine rings is 1. The van der Waals surface area contributed by atoms with Crippen LogP contribution in [0.15, 0.2) is 29.4 Å². The lowest BCUT2D eigenvalue weighted by Gasteiger charge is -2.37. The van der Waals surface area contributed by atoms with Gasteiger partial charge in [-0.3, -0.25) is 14.8 Å². The highest BCUT2D eigenvalue weighted by Gasteiger charge is 2.30. The van der Waals surface area contributed by atoms with Gasteiger partial charge in [0.05, 0.1) is 0 Å². The first-order valence-electron chi connectivity index (χ1n) is 9.61. The van der Waals surface area contributed by atoms with Crippen LogP contribution in [0.3, 0.4) is 0 Å². The maximum absolute atomic E-state index is 12.5. The third-order valence-corrected chi connectivity index (χ3v) is 4.79. The van der Waals surface area contributed by atoms with Crippen LogP contribution in [0.1, 0.15) is 25.5 Å². The second-order valence-electron chi connectivity index (χ2n) is 6.62. The van der Waals surface area contributed by atoms with E-state index in [9.17, 15) is 4.79 Å². The summed E-state index contributed by atoms with van der Waals surface area (Å²) in [6.45, 7) is 7.37. The molecule has 2 saturated heterocycles. The summed E-state index contributed by atoms with van der Waals surface area (Å²) in [5.74, 6) is 1.08. The summed E-state index contributed by atoms with van der Waals surface area (Å²) in [4.78, 5) is 25.7. The molecule has 1 aromatic heterocycles. The fraction of sp³-hybridized carbons (Fsp3) is 0.632. The third-order valence-electron chi connectivity index (χ3n) is 4.79. The Hall–Kier alpha value is -1.42. The summed E-state index contributed by atoms with van der Waals surface area (Å²) in [5.41, 5.74) is 1.05. The maximum Gasteiger partial charge on any atom is 0.251 e. The van der Waals surface area contributed by atoms with Crippen molar-refractivity contribution in [1.82, 2.24) is 20.1 Å².